The van der Waals surface area contributed by atoms with Crippen molar-refractivity contribution in [1.29, 1.82) is 0 Å². The topological polar surface area (TPSA) is 89.4 Å². The van der Waals surface area contributed by atoms with Crippen molar-refractivity contribution in [2.45, 2.75) is 32.1 Å². The fourth-order valence-corrected chi connectivity index (χ4v) is 1.49. The number of unbranched alkanes of at least 4 members (excludes halogenated alkanes) is 3. The predicted octanol–water partition coefficient (Wildman–Crippen LogP) is 0.396. The Morgan fingerprint density at radius 3 is 2.24 bits per heavy atom. The van der Waals surface area contributed by atoms with E-state index in [0.717, 1.165) is 31.8 Å². The Morgan fingerprint density at radius 1 is 1.06 bits per heavy atom. The van der Waals surface area contributed by atoms with Crippen molar-refractivity contribution >= 4 is 11.8 Å². The van der Waals surface area contributed by atoms with Crippen LogP contribution < -0.4 is 11.5 Å². The summed E-state index contributed by atoms with van der Waals surface area (Å²) in [6.45, 7) is 4.77. The molecule has 5 nitrogen and oxygen atoms in total. The van der Waals surface area contributed by atoms with E-state index in [2.05, 4.69) is 6.58 Å². The molecule has 0 aliphatic heterocycles. The molecular formula is C12H23N3O2. The molecule has 0 aliphatic carbocycles. The maximum absolute atomic E-state index is 11.6. The molecule has 0 aromatic carbocycles. The third kappa shape index (κ3) is 6.86. The van der Waals surface area contributed by atoms with Gasteiger partial charge in [0, 0.05) is 19.5 Å². The van der Waals surface area contributed by atoms with E-state index in [0.29, 0.717) is 13.1 Å². The molecule has 4 N–H and O–H groups in total. The highest BCUT2D eigenvalue weighted by Gasteiger charge is 2.17. The lowest BCUT2D eigenvalue weighted by Crippen LogP contribution is -2.37. The molecule has 0 atom stereocenters. The molecule has 5 heteroatoms. The molecular weight excluding hydrogens is 218 g/mol. The second kappa shape index (κ2) is 9.99. The van der Waals surface area contributed by atoms with E-state index in [1.165, 1.54) is 4.90 Å². The molecule has 0 saturated heterocycles. The summed E-state index contributed by atoms with van der Waals surface area (Å²) in [7, 11) is 0. The van der Waals surface area contributed by atoms with Crippen molar-refractivity contribution in [3.8, 4) is 0 Å². The lowest BCUT2D eigenvalue weighted by atomic mass is 10.2. The predicted molar refractivity (Wildman–Crippen MR) is 68.1 cm³/mol. The van der Waals surface area contributed by atoms with E-state index < -0.39 is 0 Å². The highest BCUT2D eigenvalue weighted by atomic mass is 16.2. The summed E-state index contributed by atoms with van der Waals surface area (Å²) in [6, 6.07) is 0. The third-order valence-corrected chi connectivity index (χ3v) is 2.44. The number of carbonyl (C=O) groups excluding carboxylic acids is 2. The molecule has 0 radical (unpaired) electrons. The quantitative estimate of drug-likeness (QED) is 0.451. The average Bonchev–Trinajstić information content (AvgIpc) is 2.33. The smallest absolute Gasteiger partial charge is 0.252 e. The van der Waals surface area contributed by atoms with Crippen molar-refractivity contribution < 1.29 is 9.59 Å². The number of amides is 2. The van der Waals surface area contributed by atoms with Gasteiger partial charge in [0.1, 0.15) is 0 Å². The van der Waals surface area contributed by atoms with Crippen LogP contribution in [0.4, 0.5) is 0 Å². The van der Waals surface area contributed by atoms with Gasteiger partial charge in [0.05, 0.1) is 0 Å². The number of imide groups is 1. The molecule has 0 spiro atoms. The van der Waals surface area contributed by atoms with Gasteiger partial charge >= 0.3 is 0 Å². The summed E-state index contributed by atoms with van der Waals surface area (Å²) in [6.07, 6.45) is 5.13. The van der Waals surface area contributed by atoms with Gasteiger partial charge in [-0.1, -0.05) is 19.4 Å². The van der Waals surface area contributed by atoms with E-state index in [-0.39, 0.29) is 24.8 Å². The minimum absolute atomic E-state index is 0.197. The van der Waals surface area contributed by atoms with Crippen LogP contribution in [-0.2, 0) is 9.59 Å². The highest BCUT2D eigenvalue weighted by Crippen LogP contribution is 2.04. The summed E-state index contributed by atoms with van der Waals surface area (Å²) in [5.74, 6) is -0.571. The van der Waals surface area contributed by atoms with Gasteiger partial charge < -0.3 is 11.5 Å². The molecule has 17 heavy (non-hydrogen) atoms. The largest absolute Gasteiger partial charge is 0.330 e. The maximum atomic E-state index is 11.6. The lowest BCUT2D eigenvalue weighted by Gasteiger charge is -2.18. The second-order valence-corrected chi connectivity index (χ2v) is 3.83. The van der Waals surface area contributed by atoms with Crippen molar-refractivity contribution in [1.82, 2.24) is 4.90 Å². The standard InChI is InChI=1S/C12H23N3O2/c1-2-11(16)15(12(17)7-9-14)10-6-4-3-5-8-13/h2H,1,3-10,13-14H2. The first-order chi connectivity index (χ1) is 8.17. The number of hydrogen-bond acceptors (Lipinski definition) is 4. The molecule has 0 unspecified atom stereocenters. The van der Waals surface area contributed by atoms with E-state index in [1.807, 2.05) is 0 Å². The van der Waals surface area contributed by atoms with Gasteiger partial charge in [0.2, 0.25) is 5.91 Å². The van der Waals surface area contributed by atoms with Crippen LogP contribution in [0.15, 0.2) is 12.7 Å². The van der Waals surface area contributed by atoms with Crippen LogP contribution in [-0.4, -0.2) is 36.3 Å². The Balaban J connectivity index is 4.07. The van der Waals surface area contributed by atoms with Gasteiger partial charge in [-0.05, 0) is 25.5 Å². The number of carbonyl (C=O) groups is 2. The average molecular weight is 241 g/mol. The number of nitrogens with zero attached hydrogens (tertiary/aromatic N) is 1. The van der Waals surface area contributed by atoms with Crippen molar-refractivity contribution in [2.24, 2.45) is 11.5 Å². The minimum atomic E-state index is -0.345. The normalized spacial score (nSPS) is 10.0. The Kier molecular flexibility index (Phi) is 9.28. The van der Waals surface area contributed by atoms with Crippen LogP contribution in [0.5, 0.6) is 0 Å². The van der Waals surface area contributed by atoms with Crippen LogP contribution in [0.3, 0.4) is 0 Å². The second-order valence-electron chi connectivity index (χ2n) is 3.83. The molecule has 2 amide bonds. The van der Waals surface area contributed by atoms with Gasteiger partial charge in [0.15, 0.2) is 0 Å². The molecule has 0 heterocycles. The first-order valence-electron chi connectivity index (χ1n) is 6.04. The van der Waals surface area contributed by atoms with Gasteiger partial charge in [-0.3, -0.25) is 14.5 Å². The molecule has 0 aromatic heterocycles. The van der Waals surface area contributed by atoms with Gasteiger partial charge in [-0.25, -0.2) is 0 Å². The summed E-state index contributed by atoms with van der Waals surface area (Å²) in [5, 5.41) is 0. The van der Waals surface area contributed by atoms with Gasteiger partial charge in [0.25, 0.3) is 5.91 Å². The monoisotopic (exact) mass is 241 g/mol. The molecule has 0 bridgehead atoms. The lowest BCUT2D eigenvalue weighted by molar-refractivity contribution is -0.141. The number of nitrogens with two attached hydrogens (primary N) is 2. The van der Waals surface area contributed by atoms with Crippen LogP contribution in [0.1, 0.15) is 32.1 Å². The first kappa shape index (κ1) is 15.8. The Hall–Kier alpha value is -1.20. The zero-order valence-electron chi connectivity index (χ0n) is 10.4. The SMILES string of the molecule is C=CC(=O)N(CCCCCCN)C(=O)CCN. The Labute approximate surface area is 103 Å². The Bertz CT molecular complexity index is 254. The molecule has 98 valence electrons. The number of hydrogen-bond donors (Lipinski definition) is 2. The molecule has 0 fully saturated rings. The maximum Gasteiger partial charge on any atom is 0.252 e. The zero-order valence-corrected chi connectivity index (χ0v) is 10.4. The van der Waals surface area contributed by atoms with Gasteiger partial charge in [-0.15, -0.1) is 0 Å². The Morgan fingerprint density at radius 2 is 1.71 bits per heavy atom. The van der Waals surface area contributed by atoms with Crippen molar-refractivity contribution in [3.05, 3.63) is 12.7 Å². The minimum Gasteiger partial charge on any atom is -0.330 e. The van der Waals surface area contributed by atoms with E-state index in [9.17, 15) is 9.59 Å². The highest BCUT2D eigenvalue weighted by molar-refractivity contribution is 6.00. The summed E-state index contributed by atoms with van der Waals surface area (Å²) >= 11 is 0. The van der Waals surface area contributed by atoms with Crippen molar-refractivity contribution in [2.75, 3.05) is 19.6 Å². The molecule has 0 aliphatic rings. The molecule has 0 saturated carbocycles. The third-order valence-electron chi connectivity index (χ3n) is 2.44. The van der Waals surface area contributed by atoms with Crippen LogP contribution >= 0.6 is 0 Å². The first-order valence-corrected chi connectivity index (χ1v) is 6.04. The molecule has 0 rings (SSSR count). The fourth-order valence-electron chi connectivity index (χ4n) is 1.49. The number of rotatable bonds is 9. The summed E-state index contributed by atoms with van der Waals surface area (Å²) in [4.78, 5) is 24.3. The van der Waals surface area contributed by atoms with E-state index in [4.69, 9.17) is 11.5 Å². The zero-order chi connectivity index (χ0) is 13.1. The van der Waals surface area contributed by atoms with Crippen LogP contribution in [0, 0.1) is 0 Å². The summed E-state index contributed by atoms with van der Waals surface area (Å²) in [5.41, 5.74) is 10.7. The van der Waals surface area contributed by atoms with Gasteiger partial charge in [-0.2, -0.15) is 0 Å². The van der Waals surface area contributed by atoms with Crippen molar-refractivity contribution in [3.63, 3.8) is 0 Å². The van der Waals surface area contributed by atoms with E-state index in [1.54, 1.807) is 0 Å². The summed E-state index contributed by atoms with van der Waals surface area (Å²) < 4.78 is 0. The van der Waals surface area contributed by atoms with Crippen LogP contribution in [0.2, 0.25) is 0 Å². The fraction of sp³-hybridized carbons (Fsp3) is 0.667. The molecule has 0 aromatic rings. The van der Waals surface area contributed by atoms with E-state index >= 15 is 0 Å². The van der Waals surface area contributed by atoms with Crippen LogP contribution in [0.25, 0.3) is 0 Å².